The van der Waals surface area contributed by atoms with Crippen molar-refractivity contribution in [2.45, 2.75) is 12.6 Å². The van der Waals surface area contributed by atoms with E-state index in [1.165, 1.54) is 5.56 Å². The van der Waals surface area contributed by atoms with Crippen molar-refractivity contribution in [3.8, 4) is 0 Å². The summed E-state index contributed by atoms with van der Waals surface area (Å²) in [6.07, 6.45) is -0.407. The number of hydrogen-bond donors (Lipinski definition) is 2. The topological polar surface area (TPSA) is 32.3 Å². The zero-order chi connectivity index (χ0) is 11.2. The fourth-order valence-electron chi connectivity index (χ4n) is 1.53. The second kappa shape index (κ2) is 5.80. The van der Waals surface area contributed by atoms with Crippen LogP contribution in [0.1, 0.15) is 17.2 Å². The molecule has 2 N–H and O–H groups in total. The van der Waals surface area contributed by atoms with E-state index < -0.39 is 6.10 Å². The van der Waals surface area contributed by atoms with Crippen molar-refractivity contribution in [2.75, 3.05) is 6.54 Å². The summed E-state index contributed by atoms with van der Waals surface area (Å²) >= 11 is 1.61. The number of aliphatic hydroxyl groups excluding tert-OH is 1. The molecule has 1 aromatic heterocycles. The molecular formula is C13H15NOS. The standard InChI is InChI=1S/C13H15NOS/c15-13(12-6-7-16-10-12)9-14-8-11-4-2-1-3-5-11/h1-7,10,13-15H,8-9H2. The van der Waals surface area contributed by atoms with Crippen LogP contribution in [-0.4, -0.2) is 11.7 Å². The Morgan fingerprint density at radius 2 is 2.00 bits per heavy atom. The van der Waals surface area contributed by atoms with Gasteiger partial charge in [-0.1, -0.05) is 30.3 Å². The summed E-state index contributed by atoms with van der Waals surface area (Å²) < 4.78 is 0. The number of nitrogens with one attached hydrogen (secondary N) is 1. The van der Waals surface area contributed by atoms with Crippen molar-refractivity contribution in [3.05, 3.63) is 58.3 Å². The predicted octanol–water partition coefficient (Wildman–Crippen LogP) is 2.57. The average molecular weight is 233 g/mol. The third-order valence-corrected chi connectivity index (χ3v) is 3.14. The maximum atomic E-state index is 9.83. The van der Waals surface area contributed by atoms with E-state index in [1.54, 1.807) is 11.3 Å². The first-order valence-electron chi connectivity index (χ1n) is 5.31. The van der Waals surface area contributed by atoms with Gasteiger partial charge in [0.2, 0.25) is 0 Å². The average Bonchev–Trinajstić information content (AvgIpc) is 2.84. The fraction of sp³-hybridized carbons (Fsp3) is 0.231. The minimum atomic E-state index is -0.407. The van der Waals surface area contributed by atoms with Crippen LogP contribution in [0.15, 0.2) is 47.2 Å². The van der Waals surface area contributed by atoms with Crippen molar-refractivity contribution >= 4 is 11.3 Å². The van der Waals surface area contributed by atoms with Gasteiger partial charge in [0.25, 0.3) is 0 Å². The van der Waals surface area contributed by atoms with Crippen LogP contribution in [0.5, 0.6) is 0 Å². The van der Waals surface area contributed by atoms with Gasteiger partial charge >= 0.3 is 0 Å². The van der Waals surface area contributed by atoms with Gasteiger partial charge in [-0.2, -0.15) is 11.3 Å². The minimum Gasteiger partial charge on any atom is -0.387 e. The summed E-state index contributed by atoms with van der Waals surface area (Å²) in [6, 6.07) is 12.1. The van der Waals surface area contributed by atoms with E-state index in [4.69, 9.17) is 0 Å². The van der Waals surface area contributed by atoms with Crippen molar-refractivity contribution in [1.82, 2.24) is 5.32 Å². The molecule has 0 aliphatic heterocycles. The minimum absolute atomic E-state index is 0.407. The molecule has 2 rings (SSSR count). The quantitative estimate of drug-likeness (QED) is 0.832. The molecule has 1 unspecified atom stereocenters. The Kier molecular flexibility index (Phi) is 4.10. The molecule has 0 saturated carbocycles. The molecule has 0 bridgehead atoms. The third kappa shape index (κ3) is 3.17. The molecule has 1 heterocycles. The van der Waals surface area contributed by atoms with Crippen molar-refractivity contribution in [2.24, 2.45) is 0 Å². The van der Waals surface area contributed by atoms with Gasteiger partial charge in [0.1, 0.15) is 0 Å². The van der Waals surface area contributed by atoms with Crippen LogP contribution in [0, 0.1) is 0 Å². The van der Waals surface area contributed by atoms with Gasteiger partial charge in [-0.15, -0.1) is 0 Å². The molecule has 1 aromatic carbocycles. The molecule has 0 aliphatic rings. The second-order valence-electron chi connectivity index (χ2n) is 3.69. The lowest BCUT2D eigenvalue weighted by atomic mass is 10.2. The van der Waals surface area contributed by atoms with E-state index in [0.717, 1.165) is 12.1 Å². The summed E-state index contributed by atoms with van der Waals surface area (Å²) in [5, 5.41) is 17.0. The lowest BCUT2D eigenvalue weighted by molar-refractivity contribution is 0.175. The monoisotopic (exact) mass is 233 g/mol. The van der Waals surface area contributed by atoms with Gasteiger partial charge < -0.3 is 10.4 Å². The number of rotatable bonds is 5. The third-order valence-electron chi connectivity index (χ3n) is 2.44. The first-order chi connectivity index (χ1) is 7.86. The summed E-state index contributed by atoms with van der Waals surface area (Å²) in [5.41, 5.74) is 2.23. The number of thiophene rings is 1. The molecule has 2 aromatic rings. The highest BCUT2D eigenvalue weighted by Crippen LogP contribution is 2.15. The second-order valence-corrected chi connectivity index (χ2v) is 4.47. The Hall–Kier alpha value is -1.16. The van der Waals surface area contributed by atoms with E-state index in [0.29, 0.717) is 6.54 Å². The predicted molar refractivity (Wildman–Crippen MR) is 67.4 cm³/mol. The molecule has 16 heavy (non-hydrogen) atoms. The Balaban J connectivity index is 1.76. The van der Waals surface area contributed by atoms with Crippen LogP contribution >= 0.6 is 11.3 Å². The van der Waals surface area contributed by atoms with Crippen molar-refractivity contribution in [3.63, 3.8) is 0 Å². The normalized spacial score (nSPS) is 12.6. The van der Waals surface area contributed by atoms with Gasteiger partial charge in [-0.3, -0.25) is 0 Å². The highest BCUT2D eigenvalue weighted by Gasteiger charge is 2.06. The lowest BCUT2D eigenvalue weighted by Crippen LogP contribution is -2.20. The summed E-state index contributed by atoms with van der Waals surface area (Å²) in [5.74, 6) is 0. The smallest absolute Gasteiger partial charge is 0.0922 e. The molecule has 0 radical (unpaired) electrons. The van der Waals surface area contributed by atoms with Gasteiger partial charge in [-0.05, 0) is 28.0 Å². The first kappa shape index (κ1) is 11.3. The maximum absolute atomic E-state index is 9.83. The van der Waals surface area contributed by atoms with Crippen molar-refractivity contribution in [1.29, 1.82) is 0 Å². The molecule has 0 aliphatic carbocycles. The number of hydrogen-bond acceptors (Lipinski definition) is 3. The van der Waals surface area contributed by atoms with Crippen molar-refractivity contribution < 1.29 is 5.11 Å². The molecule has 0 spiro atoms. The zero-order valence-electron chi connectivity index (χ0n) is 8.97. The van der Waals surface area contributed by atoms with Crippen LogP contribution in [0.4, 0.5) is 0 Å². The SMILES string of the molecule is OC(CNCc1ccccc1)c1ccsc1. The largest absolute Gasteiger partial charge is 0.387 e. The summed E-state index contributed by atoms with van der Waals surface area (Å²) in [4.78, 5) is 0. The van der Waals surface area contributed by atoms with Gasteiger partial charge in [-0.25, -0.2) is 0 Å². The molecule has 1 atom stereocenters. The number of benzene rings is 1. The molecular weight excluding hydrogens is 218 g/mol. The van der Waals surface area contributed by atoms with Gasteiger partial charge in [0, 0.05) is 13.1 Å². The van der Waals surface area contributed by atoms with Gasteiger partial charge in [0.15, 0.2) is 0 Å². The fourth-order valence-corrected chi connectivity index (χ4v) is 2.24. The lowest BCUT2D eigenvalue weighted by Gasteiger charge is -2.10. The van der Waals surface area contributed by atoms with Crippen LogP contribution < -0.4 is 5.32 Å². The number of aliphatic hydroxyl groups is 1. The zero-order valence-corrected chi connectivity index (χ0v) is 9.78. The highest BCUT2D eigenvalue weighted by molar-refractivity contribution is 7.07. The Morgan fingerprint density at radius 3 is 2.69 bits per heavy atom. The van der Waals surface area contributed by atoms with E-state index in [9.17, 15) is 5.11 Å². The molecule has 3 heteroatoms. The Morgan fingerprint density at radius 1 is 1.19 bits per heavy atom. The van der Waals surface area contributed by atoms with Crippen LogP contribution in [-0.2, 0) is 6.54 Å². The molecule has 0 fully saturated rings. The van der Waals surface area contributed by atoms with Crippen LogP contribution in [0.3, 0.4) is 0 Å². The van der Waals surface area contributed by atoms with Crippen LogP contribution in [0.2, 0.25) is 0 Å². The van der Waals surface area contributed by atoms with E-state index in [1.807, 2.05) is 35.0 Å². The van der Waals surface area contributed by atoms with E-state index in [-0.39, 0.29) is 0 Å². The molecule has 0 amide bonds. The van der Waals surface area contributed by atoms with Gasteiger partial charge in [0.05, 0.1) is 6.10 Å². The highest BCUT2D eigenvalue weighted by atomic mass is 32.1. The molecule has 84 valence electrons. The Labute approximate surface area is 99.6 Å². The summed E-state index contributed by atoms with van der Waals surface area (Å²) in [7, 11) is 0. The molecule has 2 nitrogen and oxygen atoms in total. The maximum Gasteiger partial charge on any atom is 0.0922 e. The first-order valence-corrected chi connectivity index (χ1v) is 6.25. The molecule has 0 saturated heterocycles. The van der Waals surface area contributed by atoms with E-state index in [2.05, 4.69) is 17.4 Å². The van der Waals surface area contributed by atoms with Crippen LogP contribution in [0.25, 0.3) is 0 Å². The van der Waals surface area contributed by atoms with E-state index >= 15 is 0 Å². The Bertz CT molecular complexity index is 399. The summed E-state index contributed by atoms with van der Waals surface area (Å²) in [6.45, 7) is 1.38.